The number of rotatable bonds is 9. The number of ether oxygens (including phenoxy) is 2. The molecule has 2 aromatic carbocycles. The van der Waals surface area contributed by atoms with Gasteiger partial charge in [0.25, 0.3) is 0 Å². The van der Waals surface area contributed by atoms with Gasteiger partial charge in [0.1, 0.15) is 0 Å². The average molecular weight is 427 g/mol. The molecule has 0 saturated carbocycles. The van der Waals surface area contributed by atoms with E-state index in [9.17, 15) is 4.79 Å². The predicted octanol–water partition coefficient (Wildman–Crippen LogP) is 5.03. The third kappa shape index (κ3) is 6.97. The van der Waals surface area contributed by atoms with Crippen LogP contribution in [0, 0.1) is 0 Å². The molecule has 1 amide bonds. The lowest BCUT2D eigenvalue weighted by Crippen LogP contribution is -2.19. The Morgan fingerprint density at radius 3 is 2.37 bits per heavy atom. The summed E-state index contributed by atoms with van der Waals surface area (Å²) in [5.41, 5.74) is 3.10. The fourth-order valence-electron chi connectivity index (χ4n) is 2.07. The number of carbonyl (C=O) groups is 1. The van der Waals surface area contributed by atoms with Gasteiger partial charge in [-0.2, -0.15) is 5.10 Å². The second kappa shape index (κ2) is 11.1. The summed E-state index contributed by atoms with van der Waals surface area (Å²) in [6.07, 6.45) is 1.48. The highest BCUT2D eigenvalue weighted by Crippen LogP contribution is 2.33. The Balaban J connectivity index is 1.95. The summed E-state index contributed by atoms with van der Waals surface area (Å²) in [6.45, 7) is 4.77. The molecule has 0 aliphatic carbocycles. The zero-order valence-corrected chi connectivity index (χ0v) is 17.3. The second-order valence-electron chi connectivity index (χ2n) is 5.22. The van der Waals surface area contributed by atoms with Crippen molar-refractivity contribution in [2.75, 3.05) is 19.0 Å². The van der Waals surface area contributed by atoms with Crippen molar-refractivity contribution in [3.05, 3.63) is 52.0 Å². The molecule has 1 N–H and O–H groups in total. The van der Waals surface area contributed by atoms with Crippen molar-refractivity contribution in [3.8, 4) is 11.5 Å². The first-order chi connectivity index (χ1) is 13.0. The Morgan fingerprint density at radius 1 is 1.11 bits per heavy atom. The molecule has 2 rings (SSSR count). The van der Waals surface area contributed by atoms with E-state index in [-0.39, 0.29) is 11.7 Å². The van der Waals surface area contributed by atoms with Crippen molar-refractivity contribution in [1.82, 2.24) is 5.43 Å². The molecular formula is C19H20Cl2N2O3S. The zero-order chi connectivity index (χ0) is 19.6. The van der Waals surface area contributed by atoms with E-state index in [1.54, 1.807) is 24.3 Å². The minimum atomic E-state index is -0.224. The highest BCUT2D eigenvalue weighted by atomic mass is 35.5. The topological polar surface area (TPSA) is 59.9 Å². The van der Waals surface area contributed by atoms with E-state index in [1.807, 2.05) is 26.0 Å². The van der Waals surface area contributed by atoms with Gasteiger partial charge < -0.3 is 9.47 Å². The van der Waals surface area contributed by atoms with Crippen LogP contribution in [0.4, 0.5) is 0 Å². The zero-order valence-electron chi connectivity index (χ0n) is 15.0. The number of hydrazone groups is 1. The number of amides is 1. The van der Waals surface area contributed by atoms with Crippen LogP contribution in [0.2, 0.25) is 10.0 Å². The van der Waals surface area contributed by atoms with Gasteiger partial charge in [0.2, 0.25) is 5.91 Å². The lowest BCUT2D eigenvalue weighted by molar-refractivity contribution is -0.118. The van der Waals surface area contributed by atoms with Crippen LogP contribution in [0.5, 0.6) is 11.5 Å². The smallest absolute Gasteiger partial charge is 0.250 e. The van der Waals surface area contributed by atoms with E-state index < -0.39 is 0 Å². The number of hydrogen-bond acceptors (Lipinski definition) is 5. The summed E-state index contributed by atoms with van der Waals surface area (Å²) in [7, 11) is 0. The maximum atomic E-state index is 11.9. The first-order valence-electron chi connectivity index (χ1n) is 8.32. The van der Waals surface area contributed by atoms with E-state index in [1.165, 1.54) is 18.0 Å². The fourth-order valence-corrected chi connectivity index (χ4v) is 3.09. The van der Waals surface area contributed by atoms with Gasteiger partial charge in [-0.3, -0.25) is 4.79 Å². The van der Waals surface area contributed by atoms with Crippen LogP contribution in [0.25, 0.3) is 0 Å². The number of nitrogens with zero attached hydrogens (tertiary/aromatic N) is 1. The average Bonchev–Trinajstić information content (AvgIpc) is 2.65. The van der Waals surface area contributed by atoms with Crippen LogP contribution in [-0.4, -0.2) is 31.1 Å². The van der Waals surface area contributed by atoms with Gasteiger partial charge in [0, 0.05) is 21.5 Å². The maximum Gasteiger partial charge on any atom is 0.250 e. The van der Waals surface area contributed by atoms with E-state index in [0.29, 0.717) is 40.3 Å². The second-order valence-corrected chi connectivity index (χ2v) is 7.11. The van der Waals surface area contributed by atoms with Crippen LogP contribution in [0.15, 0.2) is 46.4 Å². The Hall–Kier alpha value is -1.89. The van der Waals surface area contributed by atoms with Crippen molar-refractivity contribution in [3.63, 3.8) is 0 Å². The molecule has 5 nitrogen and oxygen atoms in total. The molecule has 0 aliphatic rings. The minimum absolute atomic E-state index is 0.224. The van der Waals surface area contributed by atoms with Crippen LogP contribution < -0.4 is 14.9 Å². The molecule has 27 heavy (non-hydrogen) atoms. The Morgan fingerprint density at radius 2 is 1.74 bits per heavy atom. The largest absolute Gasteiger partial charge is 0.490 e. The summed E-state index contributed by atoms with van der Waals surface area (Å²) in [5.74, 6) is 1.17. The molecule has 144 valence electrons. The molecule has 0 unspecified atom stereocenters. The number of thioether (sulfide) groups is 1. The summed E-state index contributed by atoms with van der Waals surface area (Å²) in [6, 6.07) is 10.7. The first kappa shape index (κ1) is 21.4. The molecule has 0 atom stereocenters. The molecular weight excluding hydrogens is 407 g/mol. The number of benzene rings is 2. The quantitative estimate of drug-likeness (QED) is 0.346. The van der Waals surface area contributed by atoms with Gasteiger partial charge in [0.05, 0.1) is 30.2 Å². The predicted molar refractivity (Wildman–Crippen MR) is 112 cm³/mol. The van der Waals surface area contributed by atoms with Gasteiger partial charge >= 0.3 is 0 Å². The summed E-state index contributed by atoms with van der Waals surface area (Å²) < 4.78 is 11.1. The van der Waals surface area contributed by atoms with Crippen molar-refractivity contribution in [2.24, 2.45) is 5.10 Å². The third-order valence-electron chi connectivity index (χ3n) is 3.24. The van der Waals surface area contributed by atoms with Gasteiger partial charge in [-0.05, 0) is 44.2 Å². The number of hydrogen-bond donors (Lipinski definition) is 1. The molecule has 0 heterocycles. The molecule has 0 aromatic heterocycles. The minimum Gasteiger partial charge on any atom is -0.490 e. The molecule has 2 aromatic rings. The van der Waals surface area contributed by atoms with Crippen molar-refractivity contribution in [2.45, 2.75) is 18.7 Å². The highest BCUT2D eigenvalue weighted by Gasteiger charge is 2.10. The van der Waals surface area contributed by atoms with Crippen LogP contribution in [-0.2, 0) is 4.79 Å². The van der Waals surface area contributed by atoms with E-state index in [0.717, 1.165) is 4.90 Å². The Labute approximate surface area is 173 Å². The fraction of sp³-hybridized carbons (Fsp3) is 0.263. The molecule has 0 spiro atoms. The lowest BCUT2D eigenvalue weighted by atomic mass is 10.2. The maximum absolute atomic E-state index is 11.9. The summed E-state index contributed by atoms with van der Waals surface area (Å²) >= 11 is 13.5. The summed E-state index contributed by atoms with van der Waals surface area (Å²) in [4.78, 5) is 12.9. The Bertz CT molecular complexity index is 798. The van der Waals surface area contributed by atoms with Crippen LogP contribution in [0.1, 0.15) is 19.4 Å². The standard InChI is InChI=1S/C19H20Cl2N2O3S/c1-3-25-17-9-13(16(21)10-18(17)26-4-2)11-22-23-19(24)12-27-15-7-5-14(20)6-8-15/h5-11H,3-4,12H2,1-2H3,(H,23,24)/b22-11-. The van der Waals surface area contributed by atoms with E-state index >= 15 is 0 Å². The van der Waals surface area contributed by atoms with Crippen molar-refractivity contribution >= 4 is 47.1 Å². The first-order valence-corrected chi connectivity index (χ1v) is 10.1. The molecule has 8 heteroatoms. The third-order valence-corrected chi connectivity index (χ3v) is 4.83. The monoisotopic (exact) mass is 426 g/mol. The van der Waals surface area contributed by atoms with Gasteiger partial charge in [-0.15, -0.1) is 11.8 Å². The van der Waals surface area contributed by atoms with Crippen LogP contribution in [0.3, 0.4) is 0 Å². The summed E-state index contributed by atoms with van der Waals surface area (Å²) in [5, 5.41) is 5.08. The van der Waals surface area contributed by atoms with E-state index in [2.05, 4.69) is 10.5 Å². The lowest BCUT2D eigenvalue weighted by Gasteiger charge is -2.12. The highest BCUT2D eigenvalue weighted by molar-refractivity contribution is 8.00. The molecule has 0 saturated heterocycles. The van der Waals surface area contributed by atoms with Crippen molar-refractivity contribution < 1.29 is 14.3 Å². The van der Waals surface area contributed by atoms with Gasteiger partial charge in [-0.25, -0.2) is 5.43 Å². The van der Waals surface area contributed by atoms with Crippen molar-refractivity contribution in [1.29, 1.82) is 0 Å². The molecule has 0 aliphatic heterocycles. The number of halogens is 2. The van der Waals surface area contributed by atoms with Gasteiger partial charge in [-0.1, -0.05) is 23.2 Å². The normalized spacial score (nSPS) is 10.8. The van der Waals surface area contributed by atoms with Crippen LogP contribution >= 0.6 is 35.0 Å². The molecule has 0 bridgehead atoms. The molecule has 0 fully saturated rings. The number of nitrogens with one attached hydrogen (secondary N) is 1. The molecule has 0 radical (unpaired) electrons. The van der Waals surface area contributed by atoms with Gasteiger partial charge in [0.15, 0.2) is 11.5 Å². The SMILES string of the molecule is CCOc1cc(Cl)c(/C=N\NC(=O)CSc2ccc(Cl)cc2)cc1OCC. The number of carbonyl (C=O) groups excluding carboxylic acids is 1. The Kier molecular flexibility index (Phi) is 8.78. The van der Waals surface area contributed by atoms with E-state index in [4.69, 9.17) is 32.7 Å².